The van der Waals surface area contributed by atoms with Crippen LogP contribution in [0.25, 0.3) is 5.78 Å². The molecule has 9 nitrogen and oxygen atoms in total. The van der Waals surface area contributed by atoms with Gasteiger partial charge in [-0.25, -0.2) is 9.67 Å². The predicted molar refractivity (Wildman–Crippen MR) is 122 cm³/mol. The van der Waals surface area contributed by atoms with E-state index in [2.05, 4.69) is 30.4 Å². The number of hydrogen-bond donors (Lipinski definition) is 1. The summed E-state index contributed by atoms with van der Waals surface area (Å²) in [5, 5.41) is 12.5. The number of piperidine rings is 1. The largest absolute Gasteiger partial charge is 0.368 e. The molecule has 1 unspecified atom stereocenters. The first kappa shape index (κ1) is 20.4. The highest BCUT2D eigenvalue weighted by Crippen LogP contribution is 2.22. The van der Waals surface area contributed by atoms with Crippen molar-refractivity contribution in [1.82, 2.24) is 34.3 Å². The minimum atomic E-state index is 0.0220. The molecule has 31 heavy (non-hydrogen) atoms. The Balaban J connectivity index is 1.26. The highest BCUT2D eigenvalue weighted by Gasteiger charge is 2.23. The van der Waals surface area contributed by atoms with Gasteiger partial charge in [0.25, 0.3) is 11.3 Å². The third-order valence-electron chi connectivity index (χ3n) is 6.15. The molecule has 1 fully saturated rings. The number of fused-ring (bicyclic) bond motifs is 2. The van der Waals surface area contributed by atoms with Crippen molar-refractivity contribution in [3.63, 3.8) is 0 Å². The molecule has 2 aliphatic heterocycles. The summed E-state index contributed by atoms with van der Waals surface area (Å²) in [6.45, 7) is 5.31. The predicted octanol–water partition coefficient (Wildman–Crippen LogP) is 1.75. The van der Waals surface area contributed by atoms with Gasteiger partial charge < -0.3 is 5.32 Å². The lowest BCUT2D eigenvalue weighted by Crippen LogP contribution is -2.46. The second-order valence-electron chi connectivity index (χ2n) is 8.30. The molecule has 3 aromatic heterocycles. The molecule has 0 bridgehead atoms. The summed E-state index contributed by atoms with van der Waals surface area (Å²) in [5.74, 6) is 3.52. The van der Waals surface area contributed by atoms with Crippen molar-refractivity contribution in [2.75, 3.05) is 30.7 Å². The topological polar surface area (TPSA) is 93.2 Å². The van der Waals surface area contributed by atoms with Crippen LogP contribution in [0, 0.1) is 6.92 Å². The Labute approximate surface area is 185 Å². The van der Waals surface area contributed by atoms with Crippen LogP contribution in [0.15, 0.2) is 23.3 Å². The highest BCUT2D eigenvalue weighted by molar-refractivity contribution is 7.98. The van der Waals surface area contributed by atoms with Gasteiger partial charge in [0.05, 0.1) is 12.2 Å². The van der Waals surface area contributed by atoms with E-state index in [9.17, 15) is 4.79 Å². The molecule has 0 aromatic carbocycles. The molecule has 0 saturated carbocycles. The first-order valence-corrected chi connectivity index (χ1v) is 12.2. The number of nitrogens with one attached hydrogen (secondary N) is 1. The summed E-state index contributed by atoms with van der Waals surface area (Å²) in [6.07, 6.45) is 6.05. The van der Waals surface area contributed by atoms with E-state index in [0.717, 1.165) is 66.8 Å². The molecular weight excluding hydrogens is 412 g/mol. The van der Waals surface area contributed by atoms with E-state index in [0.29, 0.717) is 18.4 Å². The summed E-state index contributed by atoms with van der Waals surface area (Å²) in [5.41, 5.74) is 3.15. The number of rotatable bonds is 6. The minimum Gasteiger partial charge on any atom is -0.368 e. The molecule has 0 aliphatic carbocycles. The van der Waals surface area contributed by atoms with Gasteiger partial charge in [0.1, 0.15) is 12.1 Å². The Morgan fingerprint density at radius 2 is 2.19 bits per heavy atom. The molecule has 0 radical (unpaired) electrons. The average Bonchev–Trinajstić information content (AvgIpc) is 3.25. The molecule has 3 aromatic rings. The SMILES string of the molecule is Cc1cc(NCC2CCCCN2CCn2nc3c(cc2=O)CSCC3)n2ncnc2n1. The van der Waals surface area contributed by atoms with Gasteiger partial charge >= 0.3 is 0 Å². The van der Waals surface area contributed by atoms with Crippen LogP contribution < -0.4 is 10.9 Å². The van der Waals surface area contributed by atoms with E-state index in [1.54, 1.807) is 15.3 Å². The molecule has 0 amide bonds. The van der Waals surface area contributed by atoms with Gasteiger partial charge in [-0.15, -0.1) is 0 Å². The number of hydrogen-bond acceptors (Lipinski definition) is 8. The van der Waals surface area contributed by atoms with Crippen molar-refractivity contribution in [3.8, 4) is 0 Å². The Morgan fingerprint density at radius 1 is 1.26 bits per heavy atom. The van der Waals surface area contributed by atoms with Crippen LogP contribution in [0.5, 0.6) is 0 Å². The maximum absolute atomic E-state index is 12.5. The van der Waals surface area contributed by atoms with Crippen LogP contribution in [0.4, 0.5) is 5.82 Å². The molecule has 1 atom stereocenters. The lowest BCUT2D eigenvalue weighted by molar-refractivity contribution is 0.147. The quantitative estimate of drug-likeness (QED) is 0.620. The molecule has 10 heteroatoms. The normalized spacial score (nSPS) is 19.5. The third-order valence-corrected chi connectivity index (χ3v) is 7.16. The van der Waals surface area contributed by atoms with Crippen molar-refractivity contribution < 1.29 is 0 Å². The van der Waals surface area contributed by atoms with Crippen molar-refractivity contribution in [2.45, 2.75) is 50.9 Å². The highest BCUT2D eigenvalue weighted by atomic mass is 32.2. The third kappa shape index (κ3) is 4.45. The number of thioether (sulfide) groups is 1. The smallest absolute Gasteiger partial charge is 0.267 e. The van der Waals surface area contributed by atoms with Crippen LogP contribution in [-0.2, 0) is 18.7 Å². The van der Waals surface area contributed by atoms with E-state index in [4.69, 9.17) is 0 Å². The zero-order valence-corrected chi connectivity index (χ0v) is 18.6. The Bertz CT molecular complexity index is 1130. The standard InChI is InChI=1S/C21H28N8OS/c1-15-10-19(29-21(25-15)23-14-24-29)22-12-17-4-2-3-6-27(17)7-8-28-20(30)11-16-13-31-9-5-18(16)26-28/h10-11,14,17,22H,2-9,12-13H2,1H3. The summed E-state index contributed by atoms with van der Waals surface area (Å²) >= 11 is 1.88. The molecule has 0 spiro atoms. The second kappa shape index (κ2) is 8.96. The van der Waals surface area contributed by atoms with Gasteiger partial charge in [-0.1, -0.05) is 6.42 Å². The number of aromatic nitrogens is 6. The fourth-order valence-corrected chi connectivity index (χ4v) is 5.45. The van der Waals surface area contributed by atoms with Crippen LogP contribution in [0.2, 0.25) is 0 Å². The van der Waals surface area contributed by atoms with Gasteiger partial charge in [-0.3, -0.25) is 9.69 Å². The monoisotopic (exact) mass is 440 g/mol. The minimum absolute atomic E-state index is 0.0220. The van der Waals surface area contributed by atoms with Crippen LogP contribution in [0.3, 0.4) is 0 Å². The Morgan fingerprint density at radius 3 is 3.13 bits per heavy atom. The molecule has 2 aliphatic rings. The fraction of sp³-hybridized carbons (Fsp3) is 0.571. The number of aryl methyl sites for hydroxylation is 2. The van der Waals surface area contributed by atoms with Crippen molar-refractivity contribution >= 4 is 23.4 Å². The van der Waals surface area contributed by atoms with Gasteiger partial charge in [-0.05, 0) is 37.6 Å². The van der Waals surface area contributed by atoms with Crippen LogP contribution >= 0.6 is 11.8 Å². The zero-order chi connectivity index (χ0) is 21.2. The molecule has 164 valence electrons. The van der Waals surface area contributed by atoms with Gasteiger partial charge in [0.2, 0.25) is 0 Å². The number of likely N-dealkylation sites (tertiary alicyclic amines) is 1. The molecule has 1 saturated heterocycles. The summed E-state index contributed by atoms with van der Waals surface area (Å²) in [7, 11) is 0. The maximum Gasteiger partial charge on any atom is 0.267 e. The second-order valence-corrected chi connectivity index (χ2v) is 9.41. The molecular formula is C21H28N8OS. The lowest BCUT2D eigenvalue weighted by atomic mass is 10.0. The van der Waals surface area contributed by atoms with E-state index < -0.39 is 0 Å². The van der Waals surface area contributed by atoms with Crippen LogP contribution in [0.1, 0.15) is 36.2 Å². The maximum atomic E-state index is 12.5. The summed E-state index contributed by atoms with van der Waals surface area (Å²) in [6, 6.07) is 4.20. The van der Waals surface area contributed by atoms with Crippen molar-refractivity contribution in [2.24, 2.45) is 0 Å². The number of nitrogens with zero attached hydrogens (tertiary/aromatic N) is 7. The van der Waals surface area contributed by atoms with Gasteiger partial charge in [0.15, 0.2) is 0 Å². The van der Waals surface area contributed by atoms with Crippen molar-refractivity contribution in [1.29, 1.82) is 0 Å². The zero-order valence-electron chi connectivity index (χ0n) is 17.8. The summed E-state index contributed by atoms with van der Waals surface area (Å²) in [4.78, 5) is 23.6. The van der Waals surface area contributed by atoms with Crippen molar-refractivity contribution in [3.05, 3.63) is 45.8 Å². The van der Waals surface area contributed by atoms with E-state index in [1.807, 2.05) is 24.8 Å². The molecule has 5 heterocycles. The summed E-state index contributed by atoms with van der Waals surface area (Å²) < 4.78 is 3.41. The molecule has 5 rings (SSSR count). The average molecular weight is 441 g/mol. The van der Waals surface area contributed by atoms with Gasteiger partial charge in [-0.2, -0.15) is 31.5 Å². The first-order valence-electron chi connectivity index (χ1n) is 11.0. The van der Waals surface area contributed by atoms with E-state index >= 15 is 0 Å². The first-order chi connectivity index (χ1) is 15.2. The number of anilines is 1. The fourth-order valence-electron chi connectivity index (χ4n) is 4.50. The van der Waals surface area contributed by atoms with Gasteiger partial charge in [0, 0.05) is 49.1 Å². The Hall–Kier alpha value is -2.46. The van der Waals surface area contributed by atoms with E-state index in [1.165, 1.54) is 19.2 Å². The lowest BCUT2D eigenvalue weighted by Gasteiger charge is -2.36. The van der Waals surface area contributed by atoms with E-state index in [-0.39, 0.29) is 5.56 Å². The Kier molecular flexibility index (Phi) is 5.91. The van der Waals surface area contributed by atoms with Crippen LogP contribution in [-0.4, -0.2) is 65.7 Å². The molecule has 1 N–H and O–H groups in total.